The first kappa shape index (κ1) is 11.6. The minimum Gasteiger partial charge on any atom is -0.475 e. The number of hydrogen-bond donors (Lipinski definition) is 1. The van der Waals surface area contributed by atoms with Crippen molar-refractivity contribution in [3.63, 3.8) is 0 Å². The van der Waals surface area contributed by atoms with Crippen molar-refractivity contribution in [1.29, 1.82) is 0 Å². The normalized spacial score (nSPS) is 34.9. The van der Waals surface area contributed by atoms with Gasteiger partial charge in [0.05, 0.1) is 0 Å². The molecule has 0 aromatic carbocycles. The Kier molecular flexibility index (Phi) is 3.62. The minimum atomic E-state index is -1.24. The Labute approximate surface area is 96.2 Å². The molecule has 2 fully saturated rings. The zero-order valence-corrected chi connectivity index (χ0v) is 9.65. The highest BCUT2D eigenvalue weighted by Crippen LogP contribution is 2.40. The molecular weight excluding hydrogens is 204 g/mol. The van der Waals surface area contributed by atoms with Crippen LogP contribution in [0.15, 0.2) is 0 Å². The monoisotopic (exact) mass is 224 g/mol. The molecule has 2 unspecified atom stereocenters. The number of aliphatic carboxylic acids is 1. The van der Waals surface area contributed by atoms with Crippen LogP contribution in [0.4, 0.5) is 0 Å². The highest BCUT2D eigenvalue weighted by molar-refractivity contribution is 6.33. The van der Waals surface area contributed by atoms with Crippen molar-refractivity contribution in [3.8, 4) is 0 Å². The summed E-state index contributed by atoms with van der Waals surface area (Å²) in [4.78, 5) is 22.1. The van der Waals surface area contributed by atoms with Gasteiger partial charge in [0, 0.05) is 5.92 Å². The molecule has 0 aromatic rings. The molecule has 2 rings (SSSR count). The molecule has 3 heteroatoms. The lowest BCUT2D eigenvalue weighted by molar-refractivity contribution is -0.151. The summed E-state index contributed by atoms with van der Waals surface area (Å²) in [6.07, 6.45) is 8.94. The second kappa shape index (κ2) is 4.98. The van der Waals surface area contributed by atoms with Gasteiger partial charge in [0.1, 0.15) is 0 Å². The van der Waals surface area contributed by atoms with Crippen LogP contribution in [0.5, 0.6) is 0 Å². The van der Waals surface area contributed by atoms with Crippen molar-refractivity contribution < 1.29 is 14.7 Å². The van der Waals surface area contributed by atoms with Crippen LogP contribution in [0.1, 0.15) is 51.4 Å². The zero-order valence-electron chi connectivity index (χ0n) is 9.65. The summed E-state index contributed by atoms with van der Waals surface area (Å²) in [5.41, 5.74) is 0. The summed E-state index contributed by atoms with van der Waals surface area (Å²) in [6.45, 7) is 0. The van der Waals surface area contributed by atoms with Crippen molar-refractivity contribution in [3.05, 3.63) is 0 Å². The van der Waals surface area contributed by atoms with Crippen molar-refractivity contribution >= 4 is 11.8 Å². The van der Waals surface area contributed by atoms with Crippen LogP contribution >= 0.6 is 0 Å². The maximum absolute atomic E-state index is 11.5. The predicted octanol–water partition coefficient (Wildman–Crippen LogP) is 2.64. The van der Waals surface area contributed by atoms with Crippen LogP contribution in [0.2, 0.25) is 0 Å². The van der Waals surface area contributed by atoms with E-state index in [9.17, 15) is 9.59 Å². The molecule has 3 nitrogen and oxygen atoms in total. The maximum Gasteiger partial charge on any atom is 0.372 e. The number of carboxylic acid groups (broad SMARTS) is 1. The number of carbonyl (C=O) groups excluding carboxylic acids is 1. The average Bonchev–Trinajstić information content (AvgIpc) is 2.50. The Bertz CT molecular complexity index is 269. The van der Waals surface area contributed by atoms with E-state index in [-0.39, 0.29) is 5.92 Å². The van der Waals surface area contributed by atoms with Gasteiger partial charge in [0.15, 0.2) is 0 Å². The van der Waals surface area contributed by atoms with Gasteiger partial charge < -0.3 is 5.11 Å². The first-order valence-corrected chi connectivity index (χ1v) is 6.45. The van der Waals surface area contributed by atoms with Gasteiger partial charge in [-0.2, -0.15) is 0 Å². The van der Waals surface area contributed by atoms with Crippen LogP contribution in [0.3, 0.4) is 0 Å². The van der Waals surface area contributed by atoms with Gasteiger partial charge in [0.2, 0.25) is 5.78 Å². The molecule has 1 N–H and O–H groups in total. The Morgan fingerprint density at radius 1 is 0.812 bits per heavy atom. The predicted molar refractivity (Wildman–Crippen MR) is 60.0 cm³/mol. The Hall–Kier alpha value is -0.860. The van der Waals surface area contributed by atoms with E-state index >= 15 is 0 Å². The molecule has 0 aliphatic heterocycles. The lowest BCUT2D eigenvalue weighted by Gasteiger charge is -2.29. The fourth-order valence-electron chi connectivity index (χ4n) is 3.46. The summed E-state index contributed by atoms with van der Waals surface area (Å²) in [7, 11) is 0. The van der Waals surface area contributed by atoms with Crippen molar-refractivity contribution in [2.75, 3.05) is 0 Å². The molecule has 0 radical (unpaired) electrons. The van der Waals surface area contributed by atoms with Gasteiger partial charge in [-0.05, 0) is 37.5 Å². The second-order valence-corrected chi connectivity index (χ2v) is 5.33. The minimum absolute atomic E-state index is 0.205. The third-order valence-electron chi connectivity index (χ3n) is 4.42. The standard InChI is InChI=1S/C13H20O3/c14-12(13(15)16)11-7-5-9-3-1-2-4-10(9)6-8-11/h9-11H,1-8H2,(H,15,16). The second-order valence-electron chi connectivity index (χ2n) is 5.33. The number of ketones is 1. The summed E-state index contributed by atoms with van der Waals surface area (Å²) in [6, 6.07) is 0. The number of Topliss-reactive ketones (excluding diaryl/α,β-unsaturated/α-hetero) is 1. The number of hydrogen-bond acceptors (Lipinski definition) is 2. The van der Waals surface area contributed by atoms with Gasteiger partial charge in [-0.1, -0.05) is 25.7 Å². The zero-order chi connectivity index (χ0) is 11.5. The van der Waals surface area contributed by atoms with Crippen LogP contribution in [0.25, 0.3) is 0 Å². The highest BCUT2D eigenvalue weighted by Gasteiger charge is 2.33. The average molecular weight is 224 g/mol. The molecule has 90 valence electrons. The maximum atomic E-state index is 11.5. The molecule has 0 saturated heterocycles. The van der Waals surface area contributed by atoms with Crippen LogP contribution < -0.4 is 0 Å². The van der Waals surface area contributed by atoms with Crippen LogP contribution in [0, 0.1) is 17.8 Å². The van der Waals surface area contributed by atoms with E-state index in [1.165, 1.54) is 25.7 Å². The van der Waals surface area contributed by atoms with E-state index in [2.05, 4.69) is 0 Å². The van der Waals surface area contributed by atoms with E-state index in [4.69, 9.17) is 5.11 Å². The number of carboxylic acids is 1. The third kappa shape index (κ3) is 2.45. The third-order valence-corrected chi connectivity index (χ3v) is 4.42. The first-order chi connectivity index (χ1) is 7.68. The number of carbonyl (C=O) groups is 2. The Morgan fingerprint density at radius 3 is 1.75 bits per heavy atom. The molecule has 16 heavy (non-hydrogen) atoms. The van der Waals surface area contributed by atoms with Gasteiger partial charge in [-0.15, -0.1) is 0 Å². The first-order valence-electron chi connectivity index (χ1n) is 6.45. The van der Waals surface area contributed by atoms with E-state index in [1.54, 1.807) is 0 Å². The quantitative estimate of drug-likeness (QED) is 0.733. The molecule has 0 heterocycles. The molecule has 2 aliphatic carbocycles. The van der Waals surface area contributed by atoms with Crippen molar-refractivity contribution in [2.24, 2.45) is 17.8 Å². The summed E-state index contributed by atoms with van der Waals surface area (Å²) < 4.78 is 0. The molecule has 0 bridgehead atoms. The van der Waals surface area contributed by atoms with Gasteiger partial charge in [0.25, 0.3) is 0 Å². The van der Waals surface area contributed by atoms with Gasteiger partial charge >= 0.3 is 5.97 Å². The molecular formula is C13H20O3. The molecule has 2 aliphatic rings. The summed E-state index contributed by atoms with van der Waals surface area (Å²) >= 11 is 0. The fraction of sp³-hybridized carbons (Fsp3) is 0.846. The van der Waals surface area contributed by atoms with Gasteiger partial charge in [-0.25, -0.2) is 4.79 Å². The lowest BCUT2D eigenvalue weighted by atomic mass is 9.77. The largest absolute Gasteiger partial charge is 0.475 e. The molecule has 2 saturated carbocycles. The number of fused-ring (bicyclic) bond motifs is 1. The van der Waals surface area contributed by atoms with Crippen LogP contribution in [-0.4, -0.2) is 16.9 Å². The SMILES string of the molecule is O=C(O)C(=O)C1CCC2CCCCC2CC1. The molecule has 0 spiro atoms. The Morgan fingerprint density at radius 2 is 1.31 bits per heavy atom. The number of rotatable bonds is 2. The van der Waals surface area contributed by atoms with Crippen molar-refractivity contribution in [1.82, 2.24) is 0 Å². The Balaban J connectivity index is 1.96. The summed E-state index contributed by atoms with van der Waals surface area (Å²) in [5, 5.41) is 8.74. The molecule has 0 amide bonds. The van der Waals surface area contributed by atoms with E-state index < -0.39 is 11.8 Å². The smallest absolute Gasteiger partial charge is 0.372 e. The lowest BCUT2D eigenvalue weighted by Crippen LogP contribution is -2.22. The summed E-state index contributed by atoms with van der Waals surface area (Å²) in [5.74, 6) is -0.475. The van der Waals surface area contributed by atoms with E-state index in [0.29, 0.717) is 0 Å². The molecule has 0 aromatic heterocycles. The fourth-order valence-corrected chi connectivity index (χ4v) is 3.46. The molecule has 2 atom stereocenters. The highest BCUT2D eigenvalue weighted by atomic mass is 16.4. The van der Waals surface area contributed by atoms with Crippen molar-refractivity contribution in [2.45, 2.75) is 51.4 Å². The topological polar surface area (TPSA) is 54.4 Å². The van der Waals surface area contributed by atoms with Crippen LogP contribution in [-0.2, 0) is 9.59 Å². The van der Waals surface area contributed by atoms with E-state index in [1.807, 2.05) is 0 Å². The van der Waals surface area contributed by atoms with Gasteiger partial charge in [-0.3, -0.25) is 4.79 Å². The van der Waals surface area contributed by atoms with E-state index in [0.717, 1.165) is 37.5 Å².